The van der Waals surface area contributed by atoms with Gasteiger partial charge in [-0.2, -0.15) is 12.6 Å². The van der Waals surface area contributed by atoms with E-state index in [4.69, 9.17) is 5.11 Å². The van der Waals surface area contributed by atoms with E-state index >= 15 is 0 Å². The van der Waals surface area contributed by atoms with Crippen LogP contribution in [0.4, 0.5) is 0 Å². The van der Waals surface area contributed by atoms with E-state index in [9.17, 15) is 4.79 Å². The van der Waals surface area contributed by atoms with Gasteiger partial charge in [-0.3, -0.25) is 4.79 Å². The van der Waals surface area contributed by atoms with Crippen LogP contribution in [0.15, 0.2) is 0 Å². The fourth-order valence-electron chi connectivity index (χ4n) is 0.681. The molecule has 0 heterocycles. The third-order valence-corrected chi connectivity index (χ3v) is 1.47. The minimum atomic E-state index is 0.0486. The highest BCUT2D eigenvalue weighted by Gasteiger charge is 1.97. The standard InChI is InChI=1S/C7H15NO2S/c9-5-2-1-3-7(10)8-4-6-11/h9,11H,1-6H2,(H,8,10). The molecule has 0 fully saturated rings. The lowest BCUT2D eigenvalue weighted by Crippen LogP contribution is -2.24. The quantitative estimate of drug-likeness (QED) is 0.401. The van der Waals surface area contributed by atoms with Gasteiger partial charge < -0.3 is 10.4 Å². The summed E-state index contributed by atoms with van der Waals surface area (Å²) >= 11 is 3.95. The van der Waals surface area contributed by atoms with Crippen molar-refractivity contribution in [1.29, 1.82) is 0 Å². The van der Waals surface area contributed by atoms with Gasteiger partial charge in [0.05, 0.1) is 0 Å². The van der Waals surface area contributed by atoms with E-state index < -0.39 is 0 Å². The third-order valence-electron chi connectivity index (χ3n) is 1.25. The van der Waals surface area contributed by atoms with Crippen LogP contribution < -0.4 is 5.32 Å². The first-order valence-corrected chi connectivity index (χ1v) is 4.43. The number of hydrogen-bond acceptors (Lipinski definition) is 3. The summed E-state index contributed by atoms with van der Waals surface area (Å²) in [4.78, 5) is 10.9. The second kappa shape index (κ2) is 7.88. The molecule has 0 aromatic rings. The number of unbranched alkanes of at least 4 members (excludes halogenated alkanes) is 1. The lowest BCUT2D eigenvalue weighted by Gasteiger charge is -2.01. The van der Waals surface area contributed by atoms with E-state index in [2.05, 4.69) is 17.9 Å². The Morgan fingerprint density at radius 3 is 2.73 bits per heavy atom. The van der Waals surface area contributed by atoms with Gasteiger partial charge in [0, 0.05) is 25.3 Å². The van der Waals surface area contributed by atoms with E-state index in [1.807, 2.05) is 0 Å². The van der Waals surface area contributed by atoms with Crippen molar-refractivity contribution >= 4 is 18.5 Å². The molecular weight excluding hydrogens is 162 g/mol. The average Bonchev–Trinajstić information content (AvgIpc) is 2.01. The van der Waals surface area contributed by atoms with Gasteiger partial charge in [-0.1, -0.05) is 0 Å². The zero-order valence-corrected chi connectivity index (χ0v) is 7.44. The van der Waals surface area contributed by atoms with Gasteiger partial charge in [-0.15, -0.1) is 0 Å². The molecule has 0 spiro atoms. The van der Waals surface area contributed by atoms with Crippen LogP contribution in [-0.2, 0) is 4.79 Å². The van der Waals surface area contributed by atoms with E-state index in [-0.39, 0.29) is 12.5 Å². The zero-order chi connectivity index (χ0) is 8.53. The van der Waals surface area contributed by atoms with Crippen LogP contribution in [0.2, 0.25) is 0 Å². The smallest absolute Gasteiger partial charge is 0.220 e. The van der Waals surface area contributed by atoms with Crippen LogP contribution in [0, 0.1) is 0 Å². The van der Waals surface area contributed by atoms with Gasteiger partial charge in [-0.25, -0.2) is 0 Å². The number of hydrogen-bond donors (Lipinski definition) is 3. The third kappa shape index (κ3) is 7.68. The predicted molar refractivity (Wildman–Crippen MR) is 47.8 cm³/mol. The van der Waals surface area contributed by atoms with Crippen LogP contribution in [0.3, 0.4) is 0 Å². The summed E-state index contributed by atoms with van der Waals surface area (Å²) in [5, 5.41) is 11.1. The molecule has 0 unspecified atom stereocenters. The molecule has 0 saturated carbocycles. The molecule has 0 saturated heterocycles. The summed E-state index contributed by atoms with van der Waals surface area (Å²) in [5.74, 6) is 0.721. The Bertz CT molecular complexity index is 109. The molecule has 3 nitrogen and oxygen atoms in total. The van der Waals surface area contributed by atoms with Gasteiger partial charge in [-0.05, 0) is 12.8 Å². The lowest BCUT2D eigenvalue weighted by atomic mass is 10.2. The Balaban J connectivity index is 3.09. The first-order valence-electron chi connectivity index (χ1n) is 3.79. The van der Waals surface area contributed by atoms with Crippen molar-refractivity contribution in [2.45, 2.75) is 19.3 Å². The SMILES string of the molecule is O=C(CCCCO)NCCS. The molecule has 0 radical (unpaired) electrons. The minimum absolute atomic E-state index is 0.0486. The first-order chi connectivity index (χ1) is 5.31. The minimum Gasteiger partial charge on any atom is -0.396 e. The molecule has 1 amide bonds. The van der Waals surface area contributed by atoms with Crippen molar-refractivity contribution in [3.8, 4) is 0 Å². The fraction of sp³-hybridized carbons (Fsp3) is 0.857. The van der Waals surface area contributed by atoms with Crippen LogP contribution >= 0.6 is 12.6 Å². The molecule has 0 aromatic carbocycles. The molecule has 0 bridgehead atoms. The van der Waals surface area contributed by atoms with Crippen molar-refractivity contribution in [1.82, 2.24) is 5.32 Å². The van der Waals surface area contributed by atoms with Gasteiger partial charge in [0.1, 0.15) is 0 Å². The second-order valence-corrected chi connectivity index (χ2v) is 2.70. The summed E-state index contributed by atoms with van der Waals surface area (Å²) in [6.07, 6.45) is 1.97. The summed E-state index contributed by atoms with van der Waals surface area (Å²) < 4.78 is 0. The summed E-state index contributed by atoms with van der Waals surface area (Å²) in [5.41, 5.74) is 0. The van der Waals surface area contributed by atoms with Crippen molar-refractivity contribution in [3.63, 3.8) is 0 Å². The van der Waals surface area contributed by atoms with E-state index in [1.165, 1.54) is 0 Å². The topological polar surface area (TPSA) is 49.3 Å². The second-order valence-electron chi connectivity index (χ2n) is 2.25. The van der Waals surface area contributed by atoms with Crippen LogP contribution in [0.5, 0.6) is 0 Å². The highest BCUT2D eigenvalue weighted by atomic mass is 32.1. The van der Waals surface area contributed by atoms with Gasteiger partial charge in [0.25, 0.3) is 0 Å². The molecular formula is C7H15NO2S. The maximum absolute atomic E-state index is 10.9. The maximum Gasteiger partial charge on any atom is 0.220 e. The van der Waals surface area contributed by atoms with Crippen LogP contribution in [0.25, 0.3) is 0 Å². The Hall–Kier alpha value is -0.220. The monoisotopic (exact) mass is 177 g/mol. The Kier molecular flexibility index (Phi) is 7.72. The fourth-order valence-corrected chi connectivity index (χ4v) is 0.793. The molecule has 0 aliphatic heterocycles. The molecule has 0 rings (SSSR count). The lowest BCUT2D eigenvalue weighted by molar-refractivity contribution is -0.121. The summed E-state index contributed by atoms with van der Waals surface area (Å²) in [6.45, 7) is 0.793. The highest BCUT2D eigenvalue weighted by molar-refractivity contribution is 7.80. The number of rotatable bonds is 6. The van der Waals surface area contributed by atoms with Crippen LogP contribution in [-0.4, -0.2) is 29.9 Å². The Morgan fingerprint density at radius 2 is 2.18 bits per heavy atom. The van der Waals surface area contributed by atoms with E-state index in [0.29, 0.717) is 25.1 Å². The number of nitrogens with one attached hydrogen (secondary N) is 1. The van der Waals surface area contributed by atoms with Crippen molar-refractivity contribution in [2.75, 3.05) is 18.9 Å². The number of thiol groups is 1. The number of carbonyl (C=O) groups excluding carboxylic acids is 1. The number of aliphatic hydroxyl groups is 1. The predicted octanol–water partition coefficient (Wildman–Crippen LogP) is 0.195. The van der Waals surface area contributed by atoms with E-state index in [1.54, 1.807) is 0 Å². The first kappa shape index (κ1) is 10.8. The molecule has 2 N–H and O–H groups in total. The van der Waals surface area contributed by atoms with Crippen molar-refractivity contribution < 1.29 is 9.90 Å². The number of carbonyl (C=O) groups is 1. The van der Waals surface area contributed by atoms with Crippen LogP contribution in [0.1, 0.15) is 19.3 Å². The maximum atomic E-state index is 10.9. The Labute approximate surface area is 72.6 Å². The number of aliphatic hydroxyl groups excluding tert-OH is 1. The van der Waals surface area contributed by atoms with Gasteiger partial charge in [0.2, 0.25) is 5.91 Å². The highest BCUT2D eigenvalue weighted by Crippen LogP contribution is 1.93. The van der Waals surface area contributed by atoms with Gasteiger partial charge >= 0.3 is 0 Å². The largest absolute Gasteiger partial charge is 0.396 e. The summed E-state index contributed by atoms with van der Waals surface area (Å²) in [6, 6.07) is 0. The average molecular weight is 177 g/mol. The summed E-state index contributed by atoms with van der Waals surface area (Å²) in [7, 11) is 0. The molecule has 0 aromatic heterocycles. The molecule has 0 aliphatic rings. The molecule has 0 aliphatic carbocycles. The molecule has 11 heavy (non-hydrogen) atoms. The normalized spacial score (nSPS) is 9.64. The van der Waals surface area contributed by atoms with Gasteiger partial charge in [0.15, 0.2) is 0 Å². The molecule has 0 atom stereocenters. The molecule has 66 valence electrons. The van der Waals surface area contributed by atoms with E-state index in [0.717, 1.165) is 6.42 Å². The zero-order valence-electron chi connectivity index (χ0n) is 6.55. The molecule has 4 heteroatoms. The van der Waals surface area contributed by atoms with Crippen molar-refractivity contribution in [3.05, 3.63) is 0 Å². The number of amides is 1. The van der Waals surface area contributed by atoms with Crippen molar-refractivity contribution in [2.24, 2.45) is 0 Å². The Morgan fingerprint density at radius 1 is 1.45 bits per heavy atom.